The molecule has 4 aromatic rings. The van der Waals surface area contributed by atoms with E-state index < -0.39 is 80.5 Å². The van der Waals surface area contributed by atoms with Crippen LogP contribution in [0.4, 0.5) is 18.0 Å². The van der Waals surface area contributed by atoms with Crippen LogP contribution in [0.25, 0.3) is 27.8 Å². The Hall–Kier alpha value is -5.72. The Morgan fingerprint density at radius 3 is 2.43 bits per heavy atom. The monoisotopic (exact) mass is 891 g/mol. The number of fused-ring (bicyclic) bond motifs is 5. The molecule has 63 heavy (non-hydrogen) atoms. The zero-order chi connectivity index (χ0) is 44.1. The first-order valence-electron chi connectivity index (χ1n) is 21.6. The molecule has 19 heteroatoms. The Morgan fingerprint density at radius 2 is 1.68 bits per heavy atom. The molecule has 5 atom stereocenters. The van der Waals surface area contributed by atoms with Gasteiger partial charge in [-0.1, -0.05) is 55.3 Å². The quantitative estimate of drug-likeness (QED) is 0.178. The number of aromatic nitrogens is 3. The lowest BCUT2D eigenvalue weighted by atomic mass is 10.0. The van der Waals surface area contributed by atoms with Gasteiger partial charge in [-0.2, -0.15) is 22.8 Å². The van der Waals surface area contributed by atoms with Gasteiger partial charge >= 0.3 is 12.3 Å². The number of nitrogens with zero attached hydrogens (tertiary/aromatic N) is 4. The van der Waals surface area contributed by atoms with E-state index in [0.29, 0.717) is 48.7 Å². The largest absolute Gasteiger partial charge is 0.472 e. The minimum atomic E-state index is -4.63. The summed E-state index contributed by atoms with van der Waals surface area (Å²) in [6.45, 7) is -0.172. The summed E-state index contributed by atoms with van der Waals surface area (Å²) in [5.41, 5.74) is -1.16. The number of hydrogen-bond acceptors (Lipinski definition) is 10. The zero-order valence-electron chi connectivity index (χ0n) is 34.3. The van der Waals surface area contributed by atoms with Gasteiger partial charge in [0.2, 0.25) is 27.7 Å². The second kappa shape index (κ2) is 16.8. The number of halogens is 3. The first kappa shape index (κ1) is 42.6. The van der Waals surface area contributed by atoms with Gasteiger partial charge in [0.1, 0.15) is 29.8 Å². The van der Waals surface area contributed by atoms with Crippen molar-refractivity contribution in [3.8, 4) is 17.1 Å². The van der Waals surface area contributed by atoms with Gasteiger partial charge in [0.15, 0.2) is 5.65 Å². The maximum atomic E-state index is 14.8. The molecule has 0 unspecified atom stereocenters. The van der Waals surface area contributed by atoms with Gasteiger partial charge in [-0.05, 0) is 82.4 Å². The lowest BCUT2D eigenvalue weighted by molar-refractivity contribution is -0.141. The van der Waals surface area contributed by atoms with Crippen molar-refractivity contribution in [3.05, 3.63) is 72.3 Å². The number of hydrogen-bond donors (Lipinski definition) is 3. The summed E-state index contributed by atoms with van der Waals surface area (Å²) in [5.74, 6) is -2.58. The molecular formula is C44H48F3N7O8S. The van der Waals surface area contributed by atoms with Gasteiger partial charge in [-0.3, -0.25) is 19.1 Å². The van der Waals surface area contributed by atoms with E-state index in [9.17, 15) is 40.8 Å². The Kier molecular flexibility index (Phi) is 11.3. The zero-order valence-corrected chi connectivity index (χ0v) is 35.1. The van der Waals surface area contributed by atoms with Crippen molar-refractivity contribution >= 4 is 50.4 Å². The van der Waals surface area contributed by atoms with Crippen LogP contribution < -0.4 is 20.1 Å². The average Bonchev–Trinajstić information content (AvgIpc) is 4.06. The molecule has 4 heterocycles. The number of alkyl carbamates (subject to hydrolysis) is 1. The van der Waals surface area contributed by atoms with E-state index in [1.807, 2.05) is 30.4 Å². The summed E-state index contributed by atoms with van der Waals surface area (Å²) >= 11 is 0. The van der Waals surface area contributed by atoms with Crippen LogP contribution in [0.5, 0.6) is 5.88 Å². The maximum Gasteiger partial charge on any atom is 0.416 e. The van der Waals surface area contributed by atoms with Crippen LogP contribution in [0.3, 0.4) is 0 Å². The molecule has 0 bridgehead atoms. The molecule has 3 saturated carbocycles. The maximum absolute atomic E-state index is 14.8. The normalized spacial score (nSPS) is 26.6. The van der Waals surface area contributed by atoms with E-state index in [1.54, 1.807) is 18.2 Å². The van der Waals surface area contributed by atoms with Crippen molar-refractivity contribution in [2.24, 2.45) is 5.92 Å². The number of carbonyl (C=O) groups excluding carboxylic acids is 4. The van der Waals surface area contributed by atoms with Gasteiger partial charge < -0.3 is 25.0 Å². The van der Waals surface area contributed by atoms with Crippen molar-refractivity contribution in [1.82, 2.24) is 34.9 Å². The van der Waals surface area contributed by atoms with E-state index in [0.717, 1.165) is 44.2 Å². The average molecular weight is 892 g/mol. The molecule has 9 rings (SSSR count). The molecule has 15 nitrogen and oxygen atoms in total. The van der Waals surface area contributed by atoms with Gasteiger partial charge in [0.25, 0.3) is 5.91 Å². The fourth-order valence-corrected chi connectivity index (χ4v) is 10.4. The SMILES string of the molecule is O=C(N[C@H]1CCCCC/C=C\[C@H]2C[C@@]2(C(=O)NS(=O)(=O)C2CC2)NC(=O)[C@@H]2C[C@@H](Oc3cc(-c4ccccc4)nc4c5ccc(C(F)(F)F)cc5nn34)CN2C1=O)OC1CCCC1. The van der Waals surface area contributed by atoms with Gasteiger partial charge in [0, 0.05) is 29.4 Å². The standard InChI is InChI=1S/C44H48F3N7O8S/c45-44(46,47)27-17-20-32-35(21-27)51-54-37(23-34(48-38(32)54)26-11-5-4-6-12-26)61-30-22-36-39(55)50-43(41(57)52-63(59,60)31-18-19-31)24-28(43)13-7-2-1-3-8-16-33(40(56)53(36)25-30)49-42(58)62-29-14-9-10-15-29/h4-7,11-13,17,20-21,23,28-31,33,36H,1-3,8-10,14-16,18-19,22,24-25H2,(H,49,58)(H,50,55)(H,52,57)/b13-7-/t28-,30+,33-,36-,43+/m0/s1. The van der Waals surface area contributed by atoms with Crippen molar-refractivity contribution in [2.75, 3.05) is 6.54 Å². The smallest absolute Gasteiger partial charge is 0.416 e. The summed E-state index contributed by atoms with van der Waals surface area (Å²) in [7, 11) is -3.97. The number of alkyl halides is 3. The molecule has 5 aliphatic rings. The van der Waals surface area contributed by atoms with Crippen LogP contribution in [-0.4, -0.2) is 93.4 Å². The minimum Gasteiger partial charge on any atom is -0.472 e. The number of benzene rings is 2. The highest BCUT2D eigenvalue weighted by Crippen LogP contribution is 2.46. The number of sulfonamides is 1. The van der Waals surface area contributed by atoms with Crippen LogP contribution in [-0.2, 0) is 35.3 Å². The first-order valence-corrected chi connectivity index (χ1v) is 23.2. The van der Waals surface area contributed by atoms with Crippen molar-refractivity contribution in [2.45, 2.75) is 125 Å². The highest BCUT2D eigenvalue weighted by molar-refractivity contribution is 7.91. The highest BCUT2D eigenvalue weighted by Gasteiger charge is 2.62. The number of carbonyl (C=O) groups is 4. The summed E-state index contributed by atoms with van der Waals surface area (Å²) in [6, 6.07) is 11.5. The molecule has 0 spiro atoms. The second-order valence-electron chi connectivity index (χ2n) is 17.3. The summed E-state index contributed by atoms with van der Waals surface area (Å²) in [4.78, 5) is 62.6. The first-order chi connectivity index (χ1) is 30.2. The Balaban J connectivity index is 1.07. The van der Waals surface area contributed by atoms with Crippen LogP contribution in [0.2, 0.25) is 0 Å². The highest BCUT2D eigenvalue weighted by atomic mass is 32.2. The van der Waals surface area contributed by atoms with Crippen molar-refractivity contribution in [3.63, 3.8) is 0 Å². The van der Waals surface area contributed by atoms with Crippen LogP contribution in [0.15, 0.2) is 66.7 Å². The van der Waals surface area contributed by atoms with E-state index in [2.05, 4.69) is 20.5 Å². The van der Waals surface area contributed by atoms with Crippen LogP contribution >= 0.6 is 0 Å². The van der Waals surface area contributed by atoms with Crippen molar-refractivity contribution in [1.29, 1.82) is 0 Å². The predicted molar refractivity (Wildman–Crippen MR) is 222 cm³/mol. The van der Waals surface area contributed by atoms with Crippen LogP contribution in [0.1, 0.15) is 89.0 Å². The molecule has 4 fully saturated rings. The molecular weight excluding hydrogens is 844 g/mol. The molecule has 2 aliphatic heterocycles. The summed E-state index contributed by atoms with van der Waals surface area (Å²) in [5, 5.41) is 9.74. The molecule has 1 saturated heterocycles. The third kappa shape index (κ3) is 8.93. The Labute approximate surface area is 361 Å². The molecule has 2 aromatic heterocycles. The van der Waals surface area contributed by atoms with Gasteiger partial charge in [-0.15, -0.1) is 0 Å². The van der Waals surface area contributed by atoms with Gasteiger partial charge in [0.05, 0.1) is 28.6 Å². The molecule has 0 radical (unpaired) electrons. The van der Waals surface area contributed by atoms with E-state index >= 15 is 0 Å². The predicted octanol–water partition coefficient (Wildman–Crippen LogP) is 5.96. The fourth-order valence-electron chi connectivity index (χ4n) is 9.03. The number of nitrogens with one attached hydrogen (secondary N) is 3. The lowest BCUT2D eigenvalue weighted by Gasteiger charge is -2.30. The van der Waals surface area contributed by atoms with E-state index in [-0.39, 0.29) is 49.0 Å². The minimum absolute atomic E-state index is 0.0137. The molecule has 3 aliphatic carbocycles. The summed E-state index contributed by atoms with van der Waals surface area (Å²) in [6.07, 6.45) is 4.24. The number of amides is 4. The number of ether oxygens (including phenoxy) is 2. The van der Waals surface area contributed by atoms with E-state index in [1.165, 1.54) is 15.5 Å². The third-order valence-corrected chi connectivity index (χ3v) is 14.6. The fraction of sp³-hybridized carbons (Fsp3) is 0.500. The molecule has 2 aromatic carbocycles. The Morgan fingerprint density at radius 1 is 0.921 bits per heavy atom. The number of allylic oxidation sites excluding steroid dienone is 1. The number of rotatable bonds is 8. The van der Waals surface area contributed by atoms with Crippen LogP contribution in [0, 0.1) is 5.92 Å². The lowest BCUT2D eigenvalue weighted by Crippen LogP contribution is -2.58. The Bertz CT molecular complexity index is 2580. The van der Waals surface area contributed by atoms with Crippen molar-refractivity contribution < 1.29 is 50.2 Å². The molecule has 3 N–H and O–H groups in total. The third-order valence-electron chi connectivity index (χ3n) is 12.7. The summed E-state index contributed by atoms with van der Waals surface area (Å²) < 4.78 is 83.1. The molecule has 4 amide bonds. The van der Waals surface area contributed by atoms with Gasteiger partial charge in [-0.25, -0.2) is 18.2 Å². The van der Waals surface area contributed by atoms with E-state index in [4.69, 9.17) is 14.5 Å². The topological polar surface area (TPSA) is 190 Å². The molecule has 334 valence electrons. The second-order valence-corrected chi connectivity index (χ2v) is 19.3.